The SMILES string of the molecule is O=c1[nH][nH]c2c(c1=O)CCC2=Cc1ccccc1. The molecule has 0 fully saturated rings. The van der Waals surface area contributed by atoms with Crippen LogP contribution in [-0.2, 0) is 6.42 Å². The highest BCUT2D eigenvalue weighted by Crippen LogP contribution is 2.29. The topological polar surface area (TPSA) is 65.7 Å². The van der Waals surface area contributed by atoms with Crippen LogP contribution < -0.4 is 11.0 Å². The Kier molecular flexibility index (Phi) is 2.48. The van der Waals surface area contributed by atoms with E-state index in [1.54, 1.807) is 0 Å². The van der Waals surface area contributed by atoms with Gasteiger partial charge in [-0.15, -0.1) is 0 Å². The van der Waals surface area contributed by atoms with E-state index in [0.29, 0.717) is 12.0 Å². The van der Waals surface area contributed by atoms with Crippen LogP contribution in [0, 0.1) is 0 Å². The van der Waals surface area contributed by atoms with E-state index in [9.17, 15) is 9.59 Å². The summed E-state index contributed by atoms with van der Waals surface area (Å²) in [5, 5.41) is 5.20. The maximum absolute atomic E-state index is 11.7. The predicted molar refractivity (Wildman–Crippen MR) is 70.3 cm³/mol. The Bertz CT molecular complexity index is 723. The molecule has 0 saturated heterocycles. The Balaban J connectivity index is 2.12. The first kappa shape index (κ1) is 10.8. The highest BCUT2D eigenvalue weighted by Gasteiger charge is 2.20. The average molecular weight is 240 g/mol. The second kappa shape index (κ2) is 4.14. The van der Waals surface area contributed by atoms with Gasteiger partial charge >= 0.3 is 5.56 Å². The third-order valence-corrected chi connectivity index (χ3v) is 3.19. The van der Waals surface area contributed by atoms with Crippen molar-refractivity contribution in [3.05, 3.63) is 67.7 Å². The number of rotatable bonds is 1. The molecule has 4 heteroatoms. The van der Waals surface area contributed by atoms with Crippen molar-refractivity contribution in [3.63, 3.8) is 0 Å². The maximum Gasteiger partial charge on any atom is 0.310 e. The molecule has 1 aromatic carbocycles. The van der Waals surface area contributed by atoms with Crippen LogP contribution in [0.3, 0.4) is 0 Å². The van der Waals surface area contributed by atoms with Gasteiger partial charge in [-0.25, -0.2) is 0 Å². The van der Waals surface area contributed by atoms with Crippen molar-refractivity contribution in [2.24, 2.45) is 0 Å². The molecule has 0 amide bonds. The average Bonchev–Trinajstić information content (AvgIpc) is 2.79. The fourth-order valence-electron chi connectivity index (χ4n) is 2.29. The van der Waals surface area contributed by atoms with E-state index >= 15 is 0 Å². The predicted octanol–water partition coefficient (Wildman–Crippen LogP) is 1.55. The van der Waals surface area contributed by atoms with Crippen molar-refractivity contribution < 1.29 is 0 Å². The lowest BCUT2D eigenvalue weighted by Crippen LogP contribution is -2.31. The second-order valence-electron chi connectivity index (χ2n) is 4.34. The van der Waals surface area contributed by atoms with Crippen LogP contribution in [-0.4, -0.2) is 10.2 Å². The molecule has 1 aromatic heterocycles. The fourth-order valence-corrected chi connectivity index (χ4v) is 2.29. The zero-order valence-corrected chi connectivity index (χ0v) is 9.69. The Hall–Kier alpha value is -2.36. The van der Waals surface area contributed by atoms with Crippen molar-refractivity contribution in [1.82, 2.24) is 10.2 Å². The summed E-state index contributed by atoms with van der Waals surface area (Å²) in [4.78, 5) is 22.9. The standard InChI is InChI=1S/C14H12N2O2/c17-13-11-7-6-10(12(11)15-16-14(13)18)8-9-4-2-1-3-5-9/h1-5,8H,6-7H2,(H,15,17)(H,16,18). The monoisotopic (exact) mass is 240 g/mol. The van der Waals surface area contributed by atoms with Crippen molar-refractivity contribution in [2.75, 3.05) is 0 Å². The summed E-state index contributed by atoms with van der Waals surface area (Å²) in [7, 11) is 0. The molecule has 1 heterocycles. The van der Waals surface area contributed by atoms with Crippen molar-refractivity contribution in [3.8, 4) is 0 Å². The van der Waals surface area contributed by atoms with Gasteiger partial charge in [0.05, 0.1) is 5.69 Å². The molecule has 0 saturated carbocycles. The van der Waals surface area contributed by atoms with Crippen molar-refractivity contribution >= 4 is 11.6 Å². The first-order valence-corrected chi connectivity index (χ1v) is 5.85. The summed E-state index contributed by atoms with van der Waals surface area (Å²) in [5.41, 5.74) is 2.52. The molecule has 1 aliphatic rings. The molecule has 2 aromatic rings. The van der Waals surface area contributed by atoms with Crippen molar-refractivity contribution in [2.45, 2.75) is 12.8 Å². The number of hydrogen-bond acceptors (Lipinski definition) is 2. The lowest BCUT2D eigenvalue weighted by atomic mass is 10.1. The number of aromatic amines is 2. The van der Waals surface area contributed by atoms with E-state index < -0.39 is 11.0 Å². The number of aromatic nitrogens is 2. The number of allylic oxidation sites excluding steroid dienone is 1. The molecule has 0 atom stereocenters. The molecule has 1 aliphatic carbocycles. The number of nitrogens with one attached hydrogen (secondary N) is 2. The minimum atomic E-state index is -0.574. The smallest absolute Gasteiger partial charge is 0.298 e. The van der Waals surface area contributed by atoms with E-state index in [2.05, 4.69) is 10.2 Å². The van der Waals surface area contributed by atoms with Crippen molar-refractivity contribution in [1.29, 1.82) is 0 Å². The molecule has 0 radical (unpaired) electrons. The van der Waals surface area contributed by atoms with Crippen LogP contribution in [0.5, 0.6) is 0 Å². The van der Waals surface area contributed by atoms with Gasteiger partial charge in [0.25, 0.3) is 0 Å². The Morgan fingerprint density at radius 1 is 1.00 bits per heavy atom. The van der Waals surface area contributed by atoms with Crippen LogP contribution in [0.15, 0.2) is 39.9 Å². The summed E-state index contributed by atoms with van der Waals surface area (Å²) in [5.74, 6) is 0. The van der Waals surface area contributed by atoms with Gasteiger partial charge in [-0.1, -0.05) is 30.3 Å². The molecule has 4 nitrogen and oxygen atoms in total. The van der Waals surface area contributed by atoms with Crippen LogP contribution in [0.4, 0.5) is 0 Å². The third kappa shape index (κ3) is 1.72. The Morgan fingerprint density at radius 2 is 1.78 bits per heavy atom. The van der Waals surface area contributed by atoms with E-state index in [0.717, 1.165) is 23.3 Å². The first-order valence-electron chi connectivity index (χ1n) is 5.85. The van der Waals surface area contributed by atoms with Gasteiger partial charge in [0.15, 0.2) is 0 Å². The molecular weight excluding hydrogens is 228 g/mol. The molecule has 0 spiro atoms. The largest absolute Gasteiger partial charge is 0.310 e. The Labute approximate surface area is 103 Å². The van der Waals surface area contributed by atoms with E-state index in [1.165, 1.54) is 0 Å². The van der Waals surface area contributed by atoms with E-state index in [1.807, 2.05) is 36.4 Å². The summed E-state index contributed by atoms with van der Waals surface area (Å²) in [6.07, 6.45) is 3.46. The van der Waals surface area contributed by atoms with Crippen LogP contribution >= 0.6 is 0 Å². The van der Waals surface area contributed by atoms with Crippen LogP contribution in [0.2, 0.25) is 0 Å². The lowest BCUT2D eigenvalue weighted by molar-refractivity contribution is 0.936. The molecule has 3 rings (SSSR count). The highest BCUT2D eigenvalue weighted by atomic mass is 16.2. The number of benzene rings is 1. The third-order valence-electron chi connectivity index (χ3n) is 3.19. The molecule has 2 N–H and O–H groups in total. The Morgan fingerprint density at radius 3 is 2.56 bits per heavy atom. The molecule has 0 bridgehead atoms. The van der Waals surface area contributed by atoms with Gasteiger partial charge in [0.2, 0.25) is 5.43 Å². The fraction of sp³-hybridized carbons (Fsp3) is 0.143. The normalized spacial score (nSPS) is 15.9. The summed E-state index contributed by atoms with van der Waals surface area (Å²) < 4.78 is 0. The maximum atomic E-state index is 11.7. The molecule has 18 heavy (non-hydrogen) atoms. The van der Waals surface area contributed by atoms with Gasteiger partial charge < -0.3 is 0 Å². The summed E-state index contributed by atoms with van der Waals surface area (Å²) >= 11 is 0. The molecule has 0 unspecified atom stereocenters. The number of fused-ring (bicyclic) bond motifs is 1. The van der Waals surface area contributed by atoms with Gasteiger partial charge in [0, 0.05) is 5.56 Å². The lowest BCUT2D eigenvalue weighted by Gasteiger charge is -2.00. The summed E-state index contributed by atoms with van der Waals surface area (Å²) in [6.45, 7) is 0. The molecule has 0 aliphatic heterocycles. The van der Waals surface area contributed by atoms with Gasteiger partial charge in [-0.3, -0.25) is 19.8 Å². The van der Waals surface area contributed by atoms with Gasteiger partial charge in [-0.05, 0) is 30.1 Å². The van der Waals surface area contributed by atoms with Gasteiger partial charge in [0.1, 0.15) is 0 Å². The van der Waals surface area contributed by atoms with E-state index in [4.69, 9.17) is 0 Å². The number of H-pyrrole nitrogens is 2. The van der Waals surface area contributed by atoms with E-state index in [-0.39, 0.29) is 0 Å². The van der Waals surface area contributed by atoms with Crippen LogP contribution in [0.1, 0.15) is 23.2 Å². The minimum absolute atomic E-state index is 0.416. The second-order valence-corrected chi connectivity index (χ2v) is 4.34. The van der Waals surface area contributed by atoms with Crippen LogP contribution in [0.25, 0.3) is 11.6 Å². The molecular formula is C14H12N2O2. The quantitative estimate of drug-likeness (QED) is 0.743. The minimum Gasteiger partial charge on any atom is -0.298 e. The first-order chi connectivity index (χ1) is 8.75. The zero-order valence-electron chi connectivity index (χ0n) is 9.69. The van der Waals surface area contributed by atoms with Gasteiger partial charge in [-0.2, -0.15) is 0 Å². The number of hydrogen-bond donors (Lipinski definition) is 2. The summed E-state index contributed by atoms with van der Waals surface area (Å²) in [6, 6.07) is 9.92. The highest BCUT2D eigenvalue weighted by molar-refractivity contribution is 5.83. The molecule has 90 valence electrons. The zero-order chi connectivity index (χ0) is 12.5.